The fraction of sp³-hybridized carbons (Fsp3) is 0.952. The standard InChI is InChI=1S/C21H38N4O4S/c1-22(18-7-3-2-4-8-18)30(27,28)24-13-11-23(12-14-24)17-21(26)25-15-16-29-20-10-6-5-9-19(20)25/h18-20H,2-17H2,1H3. The van der Waals surface area contributed by atoms with Gasteiger partial charge in [-0.15, -0.1) is 0 Å². The molecule has 4 rings (SSSR count). The van der Waals surface area contributed by atoms with Crippen molar-refractivity contribution < 1.29 is 17.9 Å². The number of amides is 1. The van der Waals surface area contributed by atoms with Crippen LogP contribution < -0.4 is 0 Å². The molecule has 0 aromatic carbocycles. The van der Waals surface area contributed by atoms with Gasteiger partial charge in [-0.25, -0.2) is 0 Å². The van der Waals surface area contributed by atoms with Crippen molar-refractivity contribution >= 4 is 16.1 Å². The Balaban J connectivity index is 1.28. The molecule has 2 atom stereocenters. The van der Waals surface area contributed by atoms with E-state index in [1.165, 1.54) is 19.3 Å². The number of nitrogens with zero attached hydrogens (tertiary/aromatic N) is 4. The summed E-state index contributed by atoms with van der Waals surface area (Å²) in [6.07, 6.45) is 10.0. The van der Waals surface area contributed by atoms with E-state index in [4.69, 9.17) is 4.74 Å². The highest BCUT2D eigenvalue weighted by atomic mass is 32.2. The summed E-state index contributed by atoms with van der Waals surface area (Å²) in [6, 6.07) is 0.360. The highest BCUT2D eigenvalue weighted by molar-refractivity contribution is 7.86. The first-order chi connectivity index (χ1) is 14.5. The molecule has 30 heavy (non-hydrogen) atoms. The molecule has 0 N–H and O–H groups in total. The zero-order valence-corrected chi connectivity index (χ0v) is 19.2. The largest absolute Gasteiger partial charge is 0.374 e. The van der Waals surface area contributed by atoms with Crippen LogP contribution in [-0.2, 0) is 19.7 Å². The van der Waals surface area contributed by atoms with E-state index in [1.54, 1.807) is 15.7 Å². The van der Waals surface area contributed by atoms with E-state index in [0.717, 1.165) is 38.5 Å². The minimum absolute atomic E-state index is 0.133. The molecule has 9 heteroatoms. The molecule has 0 bridgehead atoms. The zero-order chi connectivity index (χ0) is 21.1. The summed E-state index contributed by atoms with van der Waals surface area (Å²) in [5, 5.41) is 0. The highest BCUT2D eigenvalue weighted by Crippen LogP contribution is 2.29. The number of morpholine rings is 1. The lowest BCUT2D eigenvalue weighted by atomic mass is 9.90. The predicted octanol–water partition coefficient (Wildman–Crippen LogP) is 1.28. The second-order valence-corrected chi connectivity index (χ2v) is 11.3. The Morgan fingerprint density at radius 2 is 1.60 bits per heavy atom. The molecule has 172 valence electrons. The van der Waals surface area contributed by atoms with Crippen molar-refractivity contribution in [1.29, 1.82) is 0 Å². The van der Waals surface area contributed by atoms with Gasteiger partial charge in [0.15, 0.2) is 0 Å². The summed E-state index contributed by atoms with van der Waals surface area (Å²) < 4.78 is 35.2. The molecule has 0 aromatic rings. The van der Waals surface area contributed by atoms with Gasteiger partial charge in [-0.1, -0.05) is 32.1 Å². The highest BCUT2D eigenvalue weighted by Gasteiger charge is 2.38. The first-order valence-electron chi connectivity index (χ1n) is 11.8. The van der Waals surface area contributed by atoms with Crippen LogP contribution in [0.5, 0.6) is 0 Å². The van der Waals surface area contributed by atoms with Crippen LogP contribution in [0.3, 0.4) is 0 Å². The van der Waals surface area contributed by atoms with Crippen molar-refractivity contribution in [1.82, 2.24) is 18.4 Å². The van der Waals surface area contributed by atoms with Gasteiger partial charge >= 0.3 is 0 Å². The smallest absolute Gasteiger partial charge is 0.282 e. The third kappa shape index (κ3) is 4.85. The van der Waals surface area contributed by atoms with Crippen LogP contribution >= 0.6 is 0 Å². The van der Waals surface area contributed by atoms with Crippen LogP contribution in [0, 0.1) is 0 Å². The third-order valence-corrected chi connectivity index (χ3v) is 9.57. The van der Waals surface area contributed by atoms with E-state index in [2.05, 4.69) is 4.90 Å². The second-order valence-electron chi connectivity index (χ2n) is 9.34. The second kappa shape index (κ2) is 9.81. The molecule has 2 unspecified atom stereocenters. The first kappa shape index (κ1) is 22.5. The Morgan fingerprint density at radius 3 is 2.33 bits per heavy atom. The summed E-state index contributed by atoms with van der Waals surface area (Å²) in [4.78, 5) is 17.2. The molecule has 1 amide bonds. The first-order valence-corrected chi connectivity index (χ1v) is 13.2. The molecule has 0 radical (unpaired) electrons. The molecule has 2 saturated heterocycles. The lowest BCUT2D eigenvalue weighted by Gasteiger charge is -2.44. The van der Waals surface area contributed by atoms with E-state index < -0.39 is 10.2 Å². The maximum atomic E-state index is 13.1. The number of carbonyl (C=O) groups excluding carboxylic acids is 1. The lowest BCUT2D eigenvalue weighted by molar-refractivity contribution is -0.150. The quantitative estimate of drug-likeness (QED) is 0.641. The number of carbonyl (C=O) groups is 1. The Bertz CT molecular complexity index is 687. The number of hydrogen-bond acceptors (Lipinski definition) is 5. The van der Waals surface area contributed by atoms with Crippen LogP contribution in [0.2, 0.25) is 0 Å². The maximum absolute atomic E-state index is 13.1. The summed E-state index contributed by atoms with van der Waals surface area (Å²) in [6.45, 7) is 3.84. The average Bonchev–Trinajstić information content (AvgIpc) is 2.79. The number of fused-ring (bicyclic) bond motifs is 1. The van der Waals surface area contributed by atoms with Gasteiger partial charge in [0.05, 0.1) is 25.3 Å². The fourth-order valence-electron chi connectivity index (χ4n) is 5.62. The maximum Gasteiger partial charge on any atom is 0.282 e. The Kier molecular flexibility index (Phi) is 7.34. The van der Waals surface area contributed by atoms with Gasteiger partial charge in [0.25, 0.3) is 10.2 Å². The number of ether oxygens (including phenoxy) is 1. The van der Waals surface area contributed by atoms with E-state index in [0.29, 0.717) is 45.9 Å². The summed E-state index contributed by atoms with van der Waals surface area (Å²) >= 11 is 0. The predicted molar refractivity (Wildman–Crippen MR) is 115 cm³/mol. The third-order valence-electron chi connectivity index (χ3n) is 7.52. The molecule has 4 fully saturated rings. The molecule has 8 nitrogen and oxygen atoms in total. The molecule has 4 aliphatic rings. The van der Waals surface area contributed by atoms with Crippen LogP contribution in [0.15, 0.2) is 0 Å². The monoisotopic (exact) mass is 442 g/mol. The summed E-state index contributed by atoms with van der Waals surface area (Å²) in [5.74, 6) is 0.172. The Hall–Kier alpha value is -0.740. The molecule has 2 heterocycles. The summed E-state index contributed by atoms with van der Waals surface area (Å²) in [5.41, 5.74) is 0. The van der Waals surface area contributed by atoms with E-state index in [1.807, 2.05) is 4.90 Å². The van der Waals surface area contributed by atoms with Gasteiger partial charge < -0.3 is 9.64 Å². The Labute approximate surface area is 181 Å². The SMILES string of the molecule is CN(C1CCCCC1)S(=O)(=O)N1CCN(CC(=O)N2CCOC3CCCCC32)CC1. The van der Waals surface area contributed by atoms with E-state index in [9.17, 15) is 13.2 Å². The van der Waals surface area contributed by atoms with Crippen LogP contribution in [0.4, 0.5) is 0 Å². The molecule has 2 saturated carbocycles. The van der Waals surface area contributed by atoms with Crippen molar-refractivity contribution in [2.75, 3.05) is 52.9 Å². The van der Waals surface area contributed by atoms with E-state index >= 15 is 0 Å². The molecule has 0 spiro atoms. The van der Waals surface area contributed by atoms with Crippen molar-refractivity contribution in [3.63, 3.8) is 0 Å². The lowest BCUT2D eigenvalue weighted by Crippen LogP contribution is -2.59. The van der Waals surface area contributed by atoms with E-state index in [-0.39, 0.29) is 24.1 Å². The van der Waals surface area contributed by atoms with Gasteiger partial charge in [-0.3, -0.25) is 9.69 Å². The minimum atomic E-state index is -3.42. The zero-order valence-electron chi connectivity index (χ0n) is 18.4. The van der Waals surface area contributed by atoms with Gasteiger partial charge in [0.1, 0.15) is 0 Å². The fourth-order valence-corrected chi connectivity index (χ4v) is 7.20. The van der Waals surface area contributed by atoms with Crippen molar-refractivity contribution in [3.8, 4) is 0 Å². The number of hydrogen-bond donors (Lipinski definition) is 0. The molecule has 2 aliphatic carbocycles. The van der Waals surface area contributed by atoms with Gasteiger partial charge in [0.2, 0.25) is 5.91 Å². The molecule has 2 aliphatic heterocycles. The normalized spacial score (nSPS) is 30.4. The topological polar surface area (TPSA) is 73.4 Å². The molecule has 0 aromatic heterocycles. The number of rotatable bonds is 5. The molecular weight excluding hydrogens is 404 g/mol. The summed E-state index contributed by atoms with van der Waals surface area (Å²) in [7, 11) is -1.69. The minimum Gasteiger partial charge on any atom is -0.374 e. The molecular formula is C21H38N4O4S. The van der Waals surface area contributed by atoms with Crippen LogP contribution in [0.25, 0.3) is 0 Å². The van der Waals surface area contributed by atoms with Gasteiger partial charge in [0, 0.05) is 45.8 Å². The van der Waals surface area contributed by atoms with Crippen LogP contribution in [-0.4, -0.2) is 104 Å². The van der Waals surface area contributed by atoms with Gasteiger partial charge in [-0.2, -0.15) is 17.0 Å². The van der Waals surface area contributed by atoms with Crippen molar-refractivity contribution in [2.24, 2.45) is 0 Å². The van der Waals surface area contributed by atoms with Crippen molar-refractivity contribution in [2.45, 2.75) is 76.0 Å². The van der Waals surface area contributed by atoms with Gasteiger partial charge in [-0.05, 0) is 25.7 Å². The average molecular weight is 443 g/mol. The van der Waals surface area contributed by atoms with Crippen molar-refractivity contribution in [3.05, 3.63) is 0 Å². The Morgan fingerprint density at radius 1 is 0.933 bits per heavy atom. The van der Waals surface area contributed by atoms with Crippen LogP contribution in [0.1, 0.15) is 57.8 Å². The number of piperazine rings is 1.